The first-order valence-electron chi connectivity index (χ1n) is 9.21. The van der Waals surface area contributed by atoms with Gasteiger partial charge in [-0.25, -0.2) is 0 Å². The van der Waals surface area contributed by atoms with Crippen molar-refractivity contribution in [1.29, 1.82) is 0 Å². The van der Waals surface area contributed by atoms with Gasteiger partial charge in [0.25, 0.3) is 0 Å². The van der Waals surface area contributed by atoms with Gasteiger partial charge >= 0.3 is 0 Å². The van der Waals surface area contributed by atoms with E-state index in [4.69, 9.17) is 0 Å². The second kappa shape index (κ2) is 10.1. The van der Waals surface area contributed by atoms with E-state index in [1.165, 1.54) is 5.70 Å². The zero-order chi connectivity index (χ0) is 18.9. The van der Waals surface area contributed by atoms with Crippen LogP contribution in [0.3, 0.4) is 0 Å². The van der Waals surface area contributed by atoms with E-state index in [9.17, 15) is 5.11 Å². The molecule has 0 atom stereocenters. The van der Waals surface area contributed by atoms with Crippen molar-refractivity contribution in [3.8, 4) is 5.75 Å². The fourth-order valence-electron chi connectivity index (χ4n) is 2.88. The van der Waals surface area contributed by atoms with E-state index in [1.807, 2.05) is 20.2 Å². The highest BCUT2D eigenvalue weighted by molar-refractivity contribution is 5.84. The van der Waals surface area contributed by atoms with Gasteiger partial charge in [-0.3, -0.25) is 4.99 Å². The number of aliphatic imine (C=N–C) groups is 1. The third-order valence-electron chi connectivity index (χ3n) is 4.35. The number of hydrogen-bond acceptors (Lipinski definition) is 5. The molecule has 26 heavy (non-hydrogen) atoms. The first kappa shape index (κ1) is 20.2. The molecule has 0 radical (unpaired) electrons. The van der Waals surface area contributed by atoms with Crippen LogP contribution in [0.2, 0.25) is 0 Å². The maximum absolute atomic E-state index is 10.6. The second-order valence-corrected chi connectivity index (χ2v) is 7.19. The first-order chi connectivity index (χ1) is 12.5. The Labute approximate surface area is 157 Å². The van der Waals surface area contributed by atoms with Crippen LogP contribution >= 0.6 is 0 Å². The van der Waals surface area contributed by atoms with E-state index in [0.717, 1.165) is 55.8 Å². The van der Waals surface area contributed by atoms with Gasteiger partial charge in [-0.05, 0) is 52.2 Å². The molecule has 2 N–H and O–H groups in total. The summed E-state index contributed by atoms with van der Waals surface area (Å²) in [6, 6.07) is 4.05. The lowest BCUT2D eigenvalue weighted by molar-refractivity contribution is 0.321. The highest BCUT2D eigenvalue weighted by Gasteiger charge is 2.10. The summed E-state index contributed by atoms with van der Waals surface area (Å²) in [5.41, 5.74) is 4.16. The quantitative estimate of drug-likeness (QED) is 0.668. The summed E-state index contributed by atoms with van der Waals surface area (Å²) in [6.45, 7) is 6.25. The molecular weight excluding hydrogens is 324 g/mol. The molecule has 0 saturated carbocycles. The van der Waals surface area contributed by atoms with Gasteiger partial charge in [-0.2, -0.15) is 0 Å². The molecule has 0 unspecified atom stereocenters. The van der Waals surface area contributed by atoms with Gasteiger partial charge in [-0.1, -0.05) is 18.2 Å². The van der Waals surface area contributed by atoms with Crippen LogP contribution in [0.5, 0.6) is 5.75 Å². The molecule has 0 aromatic heterocycles. The summed E-state index contributed by atoms with van der Waals surface area (Å²) < 4.78 is 0. The van der Waals surface area contributed by atoms with Crippen molar-refractivity contribution in [2.24, 2.45) is 4.99 Å². The first-order valence-corrected chi connectivity index (χ1v) is 9.21. The topological polar surface area (TPSA) is 51.1 Å². The number of phenolic OH excluding ortho intramolecular Hbond substituents is 1. The lowest BCUT2D eigenvalue weighted by Crippen LogP contribution is -2.23. The van der Waals surface area contributed by atoms with Crippen LogP contribution in [0.15, 0.2) is 41.1 Å². The van der Waals surface area contributed by atoms with Crippen LogP contribution in [0.4, 0.5) is 0 Å². The summed E-state index contributed by atoms with van der Waals surface area (Å²) in [4.78, 5) is 8.77. The number of phenols is 1. The summed E-state index contributed by atoms with van der Waals surface area (Å²) in [6.07, 6.45) is 9.11. The highest BCUT2D eigenvalue weighted by atomic mass is 16.3. The van der Waals surface area contributed by atoms with E-state index in [0.29, 0.717) is 5.75 Å². The van der Waals surface area contributed by atoms with Crippen molar-refractivity contribution in [2.75, 3.05) is 47.3 Å². The summed E-state index contributed by atoms with van der Waals surface area (Å²) in [7, 11) is 6.15. The van der Waals surface area contributed by atoms with Gasteiger partial charge in [0, 0.05) is 49.2 Å². The molecule has 0 spiro atoms. The molecule has 0 fully saturated rings. The Hall–Kier alpha value is -2.11. The molecule has 1 aliphatic rings. The summed E-state index contributed by atoms with van der Waals surface area (Å²) in [5.74, 6) is 0.342. The molecule has 1 aromatic rings. The Morgan fingerprint density at radius 1 is 1.23 bits per heavy atom. The number of benzene rings is 1. The van der Waals surface area contributed by atoms with Gasteiger partial charge in [0.1, 0.15) is 5.75 Å². The van der Waals surface area contributed by atoms with Crippen molar-refractivity contribution >= 4 is 6.21 Å². The average Bonchev–Trinajstić information content (AvgIpc) is 2.61. The van der Waals surface area contributed by atoms with Crippen LogP contribution in [0.1, 0.15) is 23.1 Å². The van der Waals surface area contributed by atoms with Gasteiger partial charge < -0.3 is 20.2 Å². The van der Waals surface area contributed by atoms with Gasteiger partial charge in [0.2, 0.25) is 0 Å². The average molecular weight is 357 g/mol. The molecule has 0 bridgehead atoms. The normalized spacial score (nSPS) is 14.3. The maximum Gasteiger partial charge on any atom is 0.128 e. The lowest BCUT2D eigenvalue weighted by Gasteiger charge is -2.20. The van der Waals surface area contributed by atoms with E-state index in [2.05, 4.69) is 58.4 Å². The fraction of sp³-hybridized carbons (Fsp3) is 0.476. The van der Waals surface area contributed by atoms with Crippen LogP contribution in [-0.2, 0) is 6.54 Å². The number of aromatic hydroxyl groups is 1. The molecule has 0 aliphatic carbocycles. The zero-order valence-corrected chi connectivity index (χ0v) is 16.5. The number of allylic oxidation sites excluding steroid dienone is 2. The summed E-state index contributed by atoms with van der Waals surface area (Å²) >= 11 is 0. The third-order valence-corrected chi connectivity index (χ3v) is 4.35. The standard InChI is InChI=1S/C21H32N4O/c1-17-13-18(15-22-10-12-24(2)3)21(26)19(14-17)16-25(4)11-8-20-7-5-6-9-23-20/h5-7,13-15,23,26H,8-12,16H2,1-4H3. The highest BCUT2D eigenvalue weighted by Crippen LogP contribution is 2.24. The van der Waals surface area contributed by atoms with Crippen molar-refractivity contribution in [3.63, 3.8) is 0 Å². The van der Waals surface area contributed by atoms with Crippen LogP contribution in [0, 0.1) is 6.92 Å². The molecule has 1 aliphatic heterocycles. The minimum atomic E-state index is 0.342. The van der Waals surface area contributed by atoms with Crippen LogP contribution in [-0.4, -0.2) is 68.4 Å². The SMILES string of the molecule is Cc1cc(C=NCCN(C)C)c(O)c(CN(C)CCC2=CC=CCN2)c1. The molecule has 1 heterocycles. The monoisotopic (exact) mass is 356 g/mol. The number of nitrogens with one attached hydrogen (secondary N) is 1. The van der Waals surface area contributed by atoms with Gasteiger partial charge in [0.15, 0.2) is 0 Å². The number of nitrogens with zero attached hydrogens (tertiary/aromatic N) is 3. The van der Waals surface area contributed by atoms with Crippen LogP contribution in [0.25, 0.3) is 0 Å². The Bertz CT molecular complexity index is 677. The Kier molecular flexibility index (Phi) is 7.88. The molecule has 0 amide bonds. The minimum absolute atomic E-state index is 0.342. The van der Waals surface area contributed by atoms with Crippen molar-refractivity contribution < 1.29 is 5.11 Å². The number of hydrogen-bond donors (Lipinski definition) is 2. The largest absolute Gasteiger partial charge is 0.507 e. The number of rotatable bonds is 9. The van der Waals surface area contributed by atoms with E-state index in [1.54, 1.807) is 6.21 Å². The Balaban J connectivity index is 1.97. The predicted molar refractivity (Wildman–Crippen MR) is 110 cm³/mol. The van der Waals surface area contributed by atoms with E-state index >= 15 is 0 Å². The Morgan fingerprint density at radius 3 is 2.73 bits per heavy atom. The van der Waals surface area contributed by atoms with E-state index in [-0.39, 0.29) is 0 Å². The predicted octanol–water partition coefficient (Wildman–Crippen LogP) is 2.55. The molecule has 5 heteroatoms. The van der Waals surface area contributed by atoms with Crippen molar-refractivity contribution in [1.82, 2.24) is 15.1 Å². The van der Waals surface area contributed by atoms with Crippen molar-refractivity contribution in [3.05, 3.63) is 52.7 Å². The van der Waals surface area contributed by atoms with Crippen LogP contribution < -0.4 is 5.32 Å². The van der Waals surface area contributed by atoms with E-state index < -0.39 is 0 Å². The molecule has 5 nitrogen and oxygen atoms in total. The second-order valence-electron chi connectivity index (χ2n) is 7.19. The molecule has 142 valence electrons. The van der Waals surface area contributed by atoms with Gasteiger partial charge in [-0.15, -0.1) is 0 Å². The minimum Gasteiger partial charge on any atom is -0.507 e. The zero-order valence-electron chi connectivity index (χ0n) is 16.5. The fourth-order valence-corrected chi connectivity index (χ4v) is 2.88. The summed E-state index contributed by atoms with van der Waals surface area (Å²) in [5, 5.41) is 14.0. The number of aryl methyl sites for hydroxylation is 1. The van der Waals surface area contributed by atoms with Gasteiger partial charge in [0.05, 0.1) is 6.54 Å². The molecule has 0 saturated heterocycles. The van der Waals surface area contributed by atoms with Crippen molar-refractivity contribution in [2.45, 2.75) is 19.9 Å². The molecule has 2 rings (SSSR count). The Morgan fingerprint density at radius 2 is 2.04 bits per heavy atom. The molecular formula is C21H32N4O. The smallest absolute Gasteiger partial charge is 0.128 e. The lowest BCUT2D eigenvalue weighted by atomic mass is 10.0. The number of likely N-dealkylation sites (N-methyl/N-ethyl adjacent to an activating group) is 1. The maximum atomic E-state index is 10.6. The third kappa shape index (κ3) is 6.65. The number of dihydropyridines is 1. The molecule has 1 aromatic carbocycles.